The summed E-state index contributed by atoms with van der Waals surface area (Å²) < 4.78 is 27.3. The number of aromatic nitrogens is 2. The second kappa shape index (κ2) is 19.8. The minimum absolute atomic E-state index is 0.0196. The highest BCUT2D eigenvalue weighted by Gasteiger charge is 2.45. The SMILES string of the molecule is CC[C@@]1(O)C(=O)OCc2c1cc1n(c2=O)Cc2c-1nc1cc(F)c(C)cc1c2CSCCSCCC(=O)[C@@H](C)NC(=O)[C@@H](C)CC(=O)[C@@H](C)NC(=O)OCC1c2ccccc2-c2ccccc21. The molecule has 4 heterocycles. The van der Waals surface area contributed by atoms with E-state index in [0.717, 1.165) is 50.3 Å². The van der Waals surface area contributed by atoms with Crippen molar-refractivity contribution in [2.24, 2.45) is 5.92 Å². The highest BCUT2D eigenvalue weighted by molar-refractivity contribution is 8.02. The van der Waals surface area contributed by atoms with Crippen molar-refractivity contribution in [2.75, 3.05) is 23.9 Å². The van der Waals surface area contributed by atoms with Gasteiger partial charge >= 0.3 is 12.1 Å². The minimum Gasteiger partial charge on any atom is -0.458 e. The van der Waals surface area contributed by atoms with Gasteiger partial charge in [-0.2, -0.15) is 23.5 Å². The number of nitrogens with one attached hydrogen (secondary N) is 2. The fraction of sp³-hybridized carbons (Fsp3) is 0.392. The molecule has 3 aromatic carbocycles. The topological polar surface area (TPSA) is 183 Å². The molecule has 0 unspecified atom stereocenters. The third-order valence-electron chi connectivity index (χ3n) is 13.2. The molecule has 1 aliphatic carbocycles. The second-order valence-electron chi connectivity index (χ2n) is 17.5. The van der Waals surface area contributed by atoms with Gasteiger partial charge in [0.1, 0.15) is 19.0 Å². The number of ketones is 2. The number of aryl methyl sites for hydroxylation is 1. The number of pyridine rings is 2. The van der Waals surface area contributed by atoms with E-state index in [-0.39, 0.29) is 73.2 Å². The molecule has 4 atom stereocenters. The molecule has 67 heavy (non-hydrogen) atoms. The monoisotopic (exact) mass is 948 g/mol. The zero-order chi connectivity index (χ0) is 47.7. The molecule has 2 aromatic heterocycles. The second-order valence-corrected chi connectivity index (χ2v) is 19.8. The summed E-state index contributed by atoms with van der Waals surface area (Å²) in [6, 6.07) is 19.2. The van der Waals surface area contributed by atoms with Gasteiger partial charge in [0.15, 0.2) is 17.2 Å². The van der Waals surface area contributed by atoms with Crippen LogP contribution < -0.4 is 16.2 Å². The van der Waals surface area contributed by atoms with E-state index in [1.54, 1.807) is 74.8 Å². The van der Waals surface area contributed by atoms with Gasteiger partial charge in [-0.15, -0.1) is 0 Å². The van der Waals surface area contributed by atoms with Crippen LogP contribution in [0, 0.1) is 18.7 Å². The number of cyclic esters (lactones) is 1. The molecule has 16 heteroatoms. The number of esters is 1. The number of benzene rings is 3. The van der Waals surface area contributed by atoms with Crippen LogP contribution in [0.1, 0.15) is 91.8 Å². The van der Waals surface area contributed by atoms with E-state index < -0.39 is 47.4 Å². The summed E-state index contributed by atoms with van der Waals surface area (Å²) in [5.41, 5.74) is 6.10. The fourth-order valence-electron chi connectivity index (χ4n) is 9.14. The zero-order valence-electron chi connectivity index (χ0n) is 38.0. The molecule has 0 radical (unpaired) electrons. The Morgan fingerprint density at radius 3 is 2.30 bits per heavy atom. The predicted molar refractivity (Wildman–Crippen MR) is 256 cm³/mol. The summed E-state index contributed by atoms with van der Waals surface area (Å²) in [7, 11) is 0. The van der Waals surface area contributed by atoms with E-state index in [0.29, 0.717) is 34.0 Å². The number of amides is 2. The smallest absolute Gasteiger partial charge is 0.407 e. The molecule has 0 bridgehead atoms. The Hall–Kier alpha value is -5.84. The van der Waals surface area contributed by atoms with Crippen LogP contribution in [0.3, 0.4) is 0 Å². The Morgan fingerprint density at radius 2 is 1.60 bits per heavy atom. The lowest BCUT2D eigenvalue weighted by Crippen LogP contribution is -2.44. The Bertz CT molecular complexity index is 2840. The number of fused-ring (bicyclic) bond motifs is 8. The average molecular weight is 949 g/mol. The summed E-state index contributed by atoms with van der Waals surface area (Å²) in [4.78, 5) is 83.1. The number of alkyl carbamates (subject to hydrolysis) is 1. The third-order valence-corrected chi connectivity index (χ3v) is 15.4. The van der Waals surface area contributed by atoms with Crippen LogP contribution in [-0.2, 0) is 53.2 Å². The molecule has 3 N–H and O–H groups in total. The van der Waals surface area contributed by atoms with Gasteiger partial charge in [-0.25, -0.2) is 19.0 Å². The minimum atomic E-state index is -1.96. The van der Waals surface area contributed by atoms with Crippen molar-refractivity contribution in [1.82, 2.24) is 20.2 Å². The van der Waals surface area contributed by atoms with E-state index in [4.69, 9.17) is 14.5 Å². The van der Waals surface area contributed by atoms with Crippen molar-refractivity contribution >= 4 is 64.0 Å². The molecule has 0 spiro atoms. The summed E-state index contributed by atoms with van der Waals surface area (Å²) in [6.07, 6.45) is -0.596. The van der Waals surface area contributed by atoms with Crippen molar-refractivity contribution in [1.29, 1.82) is 0 Å². The number of aliphatic hydroxyl groups is 1. The lowest BCUT2D eigenvalue weighted by atomic mass is 9.86. The summed E-state index contributed by atoms with van der Waals surface area (Å²) in [5, 5.41) is 17.4. The van der Waals surface area contributed by atoms with Gasteiger partial charge in [0.2, 0.25) is 5.91 Å². The van der Waals surface area contributed by atoms with Gasteiger partial charge in [0.25, 0.3) is 5.56 Å². The lowest BCUT2D eigenvalue weighted by molar-refractivity contribution is -0.172. The Labute approximate surface area is 396 Å². The first-order valence-corrected chi connectivity index (χ1v) is 24.8. The van der Waals surface area contributed by atoms with Gasteiger partial charge in [-0.1, -0.05) is 62.4 Å². The molecule has 3 aliphatic rings. The van der Waals surface area contributed by atoms with Gasteiger partial charge in [0.05, 0.1) is 41.1 Å². The standard InChI is InChI=1S/C51H53FN4O9S2/c1-6-51(63)40-21-43-46-36(23-56(43)48(60)38(40)25-64-49(51)61)39(35-19-27(2)41(52)22-42(35)55-46)26-67-18-17-66-16-15-44(57)29(4)53-47(59)28(3)20-45(58)30(5)54-50(62)65-24-37-33-13-9-7-11-31(33)32-12-8-10-14-34(32)37/h7-14,19,21-22,28-30,37,63H,6,15-18,20,23-26H2,1-5H3,(H,53,59)(H,54,62)/t28-,29+,30+,51-/m0/s1. The maximum atomic E-state index is 14.9. The number of halogens is 1. The van der Waals surface area contributed by atoms with Gasteiger partial charge in [-0.3, -0.25) is 19.2 Å². The lowest BCUT2D eigenvalue weighted by Gasteiger charge is -2.31. The van der Waals surface area contributed by atoms with Crippen LogP contribution in [-0.4, -0.2) is 80.1 Å². The van der Waals surface area contributed by atoms with Crippen molar-refractivity contribution in [3.63, 3.8) is 0 Å². The Kier molecular flexibility index (Phi) is 14.1. The van der Waals surface area contributed by atoms with E-state index in [1.165, 1.54) is 6.07 Å². The number of carbonyl (C=O) groups excluding carboxylic acids is 5. The maximum Gasteiger partial charge on any atom is 0.407 e. The number of Topliss-reactive ketones (excluding diaryl/α,β-unsaturated/α-hetero) is 2. The molecule has 350 valence electrons. The van der Waals surface area contributed by atoms with Crippen molar-refractivity contribution in [3.8, 4) is 22.5 Å². The van der Waals surface area contributed by atoms with Crippen LogP contribution >= 0.6 is 23.5 Å². The third kappa shape index (κ3) is 9.40. The van der Waals surface area contributed by atoms with E-state index >= 15 is 0 Å². The molecular weight excluding hydrogens is 896 g/mol. The summed E-state index contributed by atoms with van der Waals surface area (Å²) >= 11 is 3.27. The van der Waals surface area contributed by atoms with Gasteiger partial charge in [0, 0.05) is 70.3 Å². The van der Waals surface area contributed by atoms with Crippen LogP contribution in [0.15, 0.2) is 71.5 Å². The van der Waals surface area contributed by atoms with Crippen LogP contribution in [0.25, 0.3) is 33.4 Å². The number of hydrogen-bond acceptors (Lipinski definition) is 12. The van der Waals surface area contributed by atoms with E-state index in [9.17, 15) is 38.3 Å². The van der Waals surface area contributed by atoms with Crippen molar-refractivity contribution in [3.05, 3.63) is 122 Å². The summed E-state index contributed by atoms with van der Waals surface area (Å²) in [5.74, 6) is -0.423. The number of carbonyl (C=O) groups is 5. The first-order chi connectivity index (χ1) is 32.1. The fourth-order valence-corrected chi connectivity index (χ4v) is 11.3. The highest BCUT2D eigenvalue weighted by Crippen LogP contribution is 2.45. The van der Waals surface area contributed by atoms with Gasteiger partial charge in [-0.05, 0) is 72.7 Å². The molecule has 0 saturated carbocycles. The summed E-state index contributed by atoms with van der Waals surface area (Å²) in [6.45, 7) is 8.23. The molecule has 0 saturated heterocycles. The molecule has 13 nitrogen and oxygen atoms in total. The first-order valence-electron chi connectivity index (χ1n) is 22.5. The quantitative estimate of drug-likeness (QED) is 0.0572. The van der Waals surface area contributed by atoms with Crippen molar-refractivity contribution in [2.45, 2.75) is 96.4 Å². The maximum absolute atomic E-state index is 14.9. The molecule has 2 amide bonds. The number of hydrogen-bond donors (Lipinski definition) is 3. The number of nitrogens with zero attached hydrogens (tertiary/aromatic N) is 2. The highest BCUT2D eigenvalue weighted by atomic mass is 32.2. The van der Waals surface area contributed by atoms with Crippen LogP contribution in [0.4, 0.5) is 9.18 Å². The van der Waals surface area contributed by atoms with E-state index in [1.807, 2.05) is 48.5 Å². The number of ether oxygens (including phenoxy) is 2. The average Bonchev–Trinajstić information content (AvgIpc) is 3.84. The normalized spacial score (nSPS) is 17.0. The first kappa shape index (κ1) is 47.6. The van der Waals surface area contributed by atoms with Crippen molar-refractivity contribution < 1.29 is 42.9 Å². The Balaban J connectivity index is 0.783. The van der Waals surface area contributed by atoms with Crippen LogP contribution in [0.2, 0.25) is 0 Å². The number of rotatable bonds is 18. The Morgan fingerprint density at radius 1 is 0.925 bits per heavy atom. The molecule has 0 fully saturated rings. The van der Waals surface area contributed by atoms with Gasteiger partial charge < -0.3 is 29.8 Å². The van der Waals surface area contributed by atoms with Crippen LogP contribution in [0.5, 0.6) is 0 Å². The predicted octanol–water partition coefficient (Wildman–Crippen LogP) is 7.48. The zero-order valence-corrected chi connectivity index (χ0v) is 39.7. The molecule has 2 aliphatic heterocycles. The largest absolute Gasteiger partial charge is 0.458 e. The molecule has 8 rings (SSSR count). The van der Waals surface area contributed by atoms with E-state index in [2.05, 4.69) is 10.6 Å². The number of thioether (sulfide) groups is 2. The molecule has 5 aromatic rings. The molecular formula is C51H53FN4O9S2.